The van der Waals surface area contributed by atoms with Gasteiger partial charge in [-0.15, -0.1) is 0 Å². The number of ether oxygens (including phenoxy) is 1. The van der Waals surface area contributed by atoms with E-state index in [1.807, 2.05) is 61.5 Å². The summed E-state index contributed by atoms with van der Waals surface area (Å²) in [4.78, 5) is 39.2. The maximum atomic E-state index is 13.2. The molecule has 30 heavy (non-hydrogen) atoms. The van der Waals surface area contributed by atoms with Crippen LogP contribution in [0.1, 0.15) is 30.9 Å². The van der Waals surface area contributed by atoms with Crippen LogP contribution < -0.4 is 15.4 Å². The number of hydrogen-bond acceptors (Lipinski definition) is 4. The van der Waals surface area contributed by atoms with Gasteiger partial charge < -0.3 is 15.4 Å². The molecule has 0 unspecified atom stereocenters. The summed E-state index contributed by atoms with van der Waals surface area (Å²) in [5.74, 6) is -0.0118. The van der Waals surface area contributed by atoms with Crippen LogP contribution in [0, 0.1) is 0 Å². The Morgan fingerprint density at radius 3 is 2.50 bits per heavy atom. The lowest BCUT2D eigenvalue weighted by Crippen LogP contribution is -2.45. The number of carbonyl (C=O) groups is 3. The Labute approximate surface area is 176 Å². The molecule has 3 rings (SSSR count). The Kier molecular flexibility index (Phi) is 6.72. The molecule has 1 fully saturated rings. The van der Waals surface area contributed by atoms with Crippen molar-refractivity contribution in [1.82, 2.24) is 15.5 Å². The van der Waals surface area contributed by atoms with Gasteiger partial charge in [0.25, 0.3) is 5.91 Å². The fraction of sp³-hybridized carbons (Fsp3) is 0.348. The second-order valence-electron chi connectivity index (χ2n) is 7.25. The number of carbonyl (C=O) groups excluding carboxylic acids is 3. The SMILES string of the molecule is CCC[C@@]1(c2ccccc2)NC(=O)N(CC(=O)NCCc2ccccc2OC)C1=O. The number of benzene rings is 2. The molecule has 2 aromatic carbocycles. The molecule has 1 aliphatic rings. The first-order valence-corrected chi connectivity index (χ1v) is 10.1. The van der Waals surface area contributed by atoms with Crippen molar-refractivity contribution in [2.45, 2.75) is 31.7 Å². The lowest BCUT2D eigenvalue weighted by atomic mass is 9.85. The average Bonchev–Trinajstić information content (AvgIpc) is 3.00. The van der Waals surface area contributed by atoms with Gasteiger partial charge in [0.2, 0.25) is 5.91 Å². The van der Waals surface area contributed by atoms with Crippen molar-refractivity contribution >= 4 is 17.8 Å². The number of para-hydroxylation sites is 1. The van der Waals surface area contributed by atoms with E-state index < -0.39 is 11.6 Å². The van der Waals surface area contributed by atoms with Gasteiger partial charge in [0.15, 0.2) is 0 Å². The smallest absolute Gasteiger partial charge is 0.325 e. The molecule has 0 spiro atoms. The van der Waals surface area contributed by atoms with E-state index >= 15 is 0 Å². The van der Waals surface area contributed by atoms with Crippen LogP contribution in [0.2, 0.25) is 0 Å². The Hall–Kier alpha value is -3.35. The van der Waals surface area contributed by atoms with Crippen molar-refractivity contribution in [3.8, 4) is 5.75 Å². The highest BCUT2D eigenvalue weighted by Crippen LogP contribution is 2.33. The monoisotopic (exact) mass is 409 g/mol. The van der Waals surface area contributed by atoms with Crippen molar-refractivity contribution in [2.24, 2.45) is 0 Å². The fourth-order valence-electron chi connectivity index (χ4n) is 3.82. The molecule has 1 heterocycles. The van der Waals surface area contributed by atoms with E-state index in [0.29, 0.717) is 25.8 Å². The van der Waals surface area contributed by atoms with Gasteiger partial charge in [-0.2, -0.15) is 0 Å². The van der Waals surface area contributed by atoms with Crippen LogP contribution in [-0.2, 0) is 21.5 Å². The summed E-state index contributed by atoms with van der Waals surface area (Å²) in [6.45, 7) is 2.02. The van der Waals surface area contributed by atoms with Crippen LogP contribution in [0.5, 0.6) is 5.75 Å². The number of urea groups is 1. The van der Waals surface area contributed by atoms with Gasteiger partial charge in [-0.05, 0) is 30.0 Å². The van der Waals surface area contributed by atoms with Gasteiger partial charge in [-0.1, -0.05) is 61.9 Å². The zero-order chi connectivity index (χ0) is 21.6. The maximum absolute atomic E-state index is 13.2. The molecule has 1 atom stereocenters. The quantitative estimate of drug-likeness (QED) is 0.623. The summed E-state index contributed by atoms with van der Waals surface area (Å²) in [5, 5.41) is 5.61. The summed E-state index contributed by atoms with van der Waals surface area (Å²) in [7, 11) is 1.60. The summed E-state index contributed by atoms with van der Waals surface area (Å²) in [5.41, 5.74) is 0.579. The Morgan fingerprint density at radius 1 is 1.10 bits per heavy atom. The van der Waals surface area contributed by atoms with Gasteiger partial charge in [-0.25, -0.2) is 4.79 Å². The van der Waals surface area contributed by atoms with E-state index in [1.165, 1.54) is 0 Å². The van der Waals surface area contributed by atoms with Gasteiger partial charge in [0.1, 0.15) is 17.8 Å². The number of amides is 4. The predicted molar refractivity (Wildman–Crippen MR) is 113 cm³/mol. The number of hydrogen-bond donors (Lipinski definition) is 2. The normalized spacial score (nSPS) is 18.3. The van der Waals surface area contributed by atoms with Gasteiger partial charge >= 0.3 is 6.03 Å². The second-order valence-corrected chi connectivity index (χ2v) is 7.25. The first-order chi connectivity index (χ1) is 14.5. The predicted octanol–water partition coefficient (Wildman–Crippen LogP) is 2.60. The molecule has 2 N–H and O–H groups in total. The topological polar surface area (TPSA) is 87.7 Å². The van der Waals surface area contributed by atoms with Crippen molar-refractivity contribution in [3.05, 3.63) is 65.7 Å². The standard InChI is InChI=1S/C23H27N3O4/c1-3-14-23(18-10-5-4-6-11-18)21(28)26(22(29)25-23)16-20(27)24-15-13-17-9-7-8-12-19(17)30-2/h4-12H,3,13-16H2,1-2H3,(H,24,27)(H,25,29)/t23-/m0/s1. The summed E-state index contributed by atoms with van der Waals surface area (Å²) in [6.07, 6.45) is 1.76. The molecule has 4 amide bonds. The lowest BCUT2D eigenvalue weighted by molar-refractivity contribution is -0.135. The van der Waals surface area contributed by atoms with Gasteiger partial charge in [0.05, 0.1) is 7.11 Å². The third-order valence-electron chi connectivity index (χ3n) is 5.28. The summed E-state index contributed by atoms with van der Waals surface area (Å²) in [6, 6.07) is 16.2. The molecule has 1 aliphatic heterocycles. The van der Waals surface area contributed by atoms with Crippen LogP contribution in [-0.4, -0.2) is 42.9 Å². The first-order valence-electron chi connectivity index (χ1n) is 10.1. The largest absolute Gasteiger partial charge is 0.496 e. The van der Waals surface area contributed by atoms with E-state index in [9.17, 15) is 14.4 Å². The molecule has 0 radical (unpaired) electrons. The van der Waals surface area contributed by atoms with Crippen LogP contribution >= 0.6 is 0 Å². The highest BCUT2D eigenvalue weighted by atomic mass is 16.5. The molecule has 158 valence electrons. The lowest BCUT2D eigenvalue weighted by Gasteiger charge is -2.26. The molecule has 0 aliphatic carbocycles. The summed E-state index contributed by atoms with van der Waals surface area (Å²) < 4.78 is 5.31. The van der Waals surface area contributed by atoms with Crippen molar-refractivity contribution < 1.29 is 19.1 Å². The molecule has 7 nitrogen and oxygen atoms in total. The van der Waals surface area contributed by atoms with E-state index in [1.54, 1.807) is 7.11 Å². The minimum absolute atomic E-state index is 0.311. The van der Waals surface area contributed by atoms with Crippen molar-refractivity contribution in [2.75, 3.05) is 20.2 Å². The molecule has 7 heteroatoms. The van der Waals surface area contributed by atoms with Crippen LogP contribution in [0.4, 0.5) is 4.79 Å². The van der Waals surface area contributed by atoms with Crippen LogP contribution in [0.15, 0.2) is 54.6 Å². The third-order valence-corrected chi connectivity index (χ3v) is 5.28. The number of imide groups is 1. The first kappa shape index (κ1) is 21.4. The van der Waals surface area contributed by atoms with E-state index in [4.69, 9.17) is 4.74 Å². The highest BCUT2D eigenvalue weighted by molar-refractivity contribution is 6.09. The number of rotatable bonds is 9. The van der Waals surface area contributed by atoms with E-state index in [0.717, 1.165) is 21.8 Å². The Morgan fingerprint density at radius 2 is 1.80 bits per heavy atom. The summed E-state index contributed by atoms with van der Waals surface area (Å²) >= 11 is 0. The molecule has 1 saturated heterocycles. The highest BCUT2D eigenvalue weighted by Gasteiger charge is 2.52. The van der Waals surface area contributed by atoms with Crippen LogP contribution in [0.25, 0.3) is 0 Å². The van der Waals surface area contributed by atoms with Crippen molar-refractivity contribution in [3.63, 3.8) is 0 Å². The molecule has 0 saturated carbocycles. The zero-order valence-electron chi connectivity index (χ0n) is 17.3. The molecule has 0 aromatic heterocycles. The minimum Gasteiger partial charge on any atom is -0.496 e. The molecule has 0 bridgehead atoms. The zero-order valence-corrected chi connectivity index (χ0v) is 17.3. The maximum Gasteiger partial charge on any atom is 0.325 e. The van der Waals surface area contributed by atoms with Gasteiger partial charge in [0, 0.05) is 6.54 Å². The molecular weight excluding hydrogens is 382 g/mol. The number of methoxy groups -OCH3 is 1. The number of nitrogens with zero attached hydrogens (tertiary/aromatic N) is 1. The van der Waals surface area contributed by atoms with Gasteiger partial charge in [-0.3, -0.25) is 14.5 Å². The molecular formula is C23H27N3O4. The number of nitrogens with one attached hydrogen (secondary N) is 2. The second kappa shape index (κ2) is 9.43. The Balaban J connectivity index is 1.64. The Bertz CT molecular complexity index is 916. The fourth-order valence-corrected chi connectivity index (χ4v) is 3.82. The molecule has 2 aromatic rings. The van der Waals surface area contributed by atoms with E-state index in [-0.39, 0.29) is 18.4 Å². The van der Waals surface area contributed by atoms with Crippen molar-refractivity contribution in [1.29, 1.82) is 0 Å². The van der Waals surface area contributed by atoms with E-state index in [2.05, 4.69) is 10.6 Å². The van der Waals surface area contributed by atoms with Crippen LogP contribution in [0.3, 0.4) is 0 Å². The third kappa shape index (κ3) is 4.30. The minimum atomic E-state index is -1.12. The average molecular weight is 409 g/mol.